The second-order valence-electron chi connectivity index (χ2n) is 7.08. The van der Waals surface area contributed by atoms with Gasteiger partial charge in [0.15, 0.2) is 5.17 Å². The van der Waals surface area contributed by atoms with Crippen LogP contribution in [0.1, 0.15) is 12.1 Å². The van der Waals surface area contributed by atoms with Crippen molar-refractivity contribution in [3.8, 4) is 0 Å². The number of carbonyl (C=O) groups excluding carboxylic acids is 2. The van der Waals surface area contributed by atoms with Crippen molar-refractivity contribution in [1.82, 2.24) is 9.88 Å². The summed E-state index contributed by atoms with van der Waals surface area (Å²) in [6.45, 7) is 0.199. The number of hydrogen-bond acceptors (Lipinski definition) is 5. The van der Waals surface area contributed by atoms with Gasteiger partial charge in [0.2, 0.25) is 11.8 Å². The van der Waals surface area contributed by atoms with Crippen LogP contribution in [-0.2, 0) is 16.1 Å². The molecular formula is C23H17Cl2FN4O2S. The highest BCUT2D eigenvalue weighted by Gasteiger charge is 2.39. The van der Waals surface area contributed by atoms with Crippen LogP contribution in [0.15, 0.2) is 71.9 Å². The number of aromatic nitrogens is 1. The Bertz CT molecular complexity index is 1210. The summed E-state index contributed by atoms with van der Waals surface area (Å²) in [5, 5.41) is 2.97. The number of benzene rings is 2. The number of aliphatic imine (C=N–C) groups is 1. The van der Waals surface area contributed by atoms with Gasteiger partial charge in [0.1, 0.15) is 11.1 Å². The highest BCUT2D eigenvalue weighted by molar-refractivity contribution is 8.15. The molecule has 0 radical (unpaired) electrons. The summed E-state index contributed by atoms with van der Waals surface area (Å²) in [6, 6.07) is 16.0. The van der Waals surface area contributed by atoms with Crippen molar-refractivity contribution in [2.24, 2.45) is 4.99 Å². The monoisotopic (exact) mass is 502 g/mol. The van der Waals surface area contributed by atoms with E-state index in [1.54, 1.807) is 36.5 Å². The van der Waals surface area contributed by atoms with E-state index in [1.807, 2.05) is 6.07 Å². The van der Waals surface area contributed by atoms with Crippen LogP contribution in [-0.4, -0.2) is 32.1 Å². The molecule has 1 fully saturated rings. The smallest absolute Gasteiger partial charge is 0.243 e. The molecule has 1 aliphatic rings. The zero-order valence-electron chi connectivity index (χ0n) is 17.0. The molecule has 4 rings (SSSR count). The fourth-order valence-electron chi connectivity index (χ4n) is 3.12. The maximum atomic E-state index is 13.3. The van der Waals surface area contributed by atoms with Gasteiger partial charge in [-0.3, -0.25) is 19.5 Å². The number of halogens is 3. The Morgan fingerprint density at radius 3 is 2.64 bits per heavy atom. The number of nitrogens with zero attached hydrogens (tertiary/aromatic N) is 3. The zero-order chi connectivity index (χ0) is 23.4. The third kappa shape index (κ3) is 5.71. The van der Waals surface area contributed by atoms with Crippen LogP contribution in [0.5, 0.6) is 0 Å². The third-order valence-electron chi connectivity index (χ3n) is 4.71. The number of carbonyl (C=O) groups is 2. The molecule has 0 aliphatic carbocycles. The van der Waals surface area contributed by atoms with E-state index in [4.69, 9.17) is 23.2 Å². The lowest BCUT2D eigenvalue weighted by atomic mass is 10.2. The first kappa shape index (κ1) is 23.2. The predicted molar refractivity (Wildman–Crippen MR) is 129 cm³/mol. The van der Waals surface area contributed by atoms with Crippen molar-refractivity contribution in [1.29, 1.82) is 0 Å². The molecule has 2 amide bonds. The second kappa shape index (κ2) is 10.3. The van der Waals surface area contributed by atoms with E-state index >= 15 is 0 Å². The molecule has 6 nitrogen and oxygen atoms in total. The molecule has 2 heterocycles. The Morgan fingerprint density at radius 1 is 1.12 bits per heavy atom. The topological polar surface area (TPSA) is 74.7 Å². The summed E-state index contributed by atoms with van der Waals surface area (Å²) in [5.41, 5.74) is 1.54. The van der Waals surface area contributed by atoms with Crippen molar-refractivity contribution in [3.05, 3.63) is 88.4 Å². The highest BCUT2D eigenvalue weighted by Crippen LogP contribution is 2.34. The van der Waals surface area contributed by atoms with Gasteiger partial charge in [-0.2, -0.15) is 0 Å². The van der Waals surface area contributed by atoms with Crippen molar-refractivity contribution in [3.63, 3.8) is 0 Å². The fraction of sp³-hybridized carbons (Fsp3) is 0.130. The Morgan fingerprint density at radius 2 is 1.91 bits per heavy atom. The molecule has 10 heteroatoms. The summed E-state index contributed by atoms with van der Waals surface area (Å²) < 4.78 is 13.3. The van der Waals surface area contributed by atoms with Gasteiger partial charge >= 0.3 is 0 Å². The van der Waals surface area contributed by atoms with E-state index in [9.17, 15) is 14.0 Å². The van der Waals surface area contributed by atoms with Gasteiger partial charge in [0.05, 0.1) is 33.7 Å². The molecule has 33 heavy (non-hydrogen) atoms. The maximum absolute atomic E-state index is 13.3. The first-order valence-electron chi connectivity index (χ1n) is 9.87. The van der Waals surface area contributed by atoms with Crippen molar-refractivity contribution < 1.29 is 14.0 Å². The van der Waals surface area contributed by atoms with Crippen molar-refractivity contribution in [2.45, 2.75) is 18.2 Å². The molecule has 3 aromatic rings. The summed E-state index contributed by atoms with van der Waals surface area (Å²) in [4.78, 5) is 36.1. The molecule has 2 aromatic carbocycles. The first-order valence-corrected chi connectivity index (χ1v) is 11.5. The Labute approximate surface area is 203 Å². The minimum atomic E-state index is -0.689. The first-order chi connectivity index (χ1) is 15.9. The van der Waals surface area contributed by atoms with Crippen LogP contribution >= 0.6 is 35.0 Å². The number of anilines is 1. The van der Waals surface area contributed by atoms with Crippen molar-refractivity contribution in [2.75, 3.05) is 5.32 Å². The van der Waals surface area contributed by atoms with Crippen molar-refractivity contribution >= 4 is 63.3 Å². The number of hydrogen-bond donors (Lipinski definition) is 1. The molecule has 0 saturated carbocycles. The number of rotatable bonds is 6. The van der Waals surface area contributed by atoms with Crippen LogP contribution in [0.2, 0.25) is 10.0 Å². The number of thioether (sulfide) groups is 1. The SMILES string of the molecule is O=C(CC1SC(=Nc2ccc(F)cc2)N(Cc2ccccn2)C1=O)Nc1cccc(Cl)c1Cl. The quantitative estimate of drug-likeness (QED) is 0.469. The minimum Gasteiger partial charge on any atom is -0.325 e. The number of pyridine rings is 1. The molecule has 1 aromatic heterocycles. The maximum Gasteiger partial charge on any atom is 0.243 e. The van der Waals surface area contributed by atoms with E-state index in [-0.39, 0.29) is 35.6 Å². The lowest BCUT2D eigenvalue weighted by Gasteiger charge is -2.16. The molecular weight excluding hydrogens is 486 g/mol. The van der Waals surface area contributed by atoms with Gasteiger partial charge in [0, 0.05) is 12.6 Å². The predicted octanol–water partition coefficient (Wildman–Crippen LogP) is 5.69. The normalized spacial score (nSPS) is 16.9. The van der Waals surface area contributed by atoms with E-state index in [0.717, 1.165) is 0 Å². The van der Waals surface area contributed by atoms with Crippen LogP contribution in [0.25, 0.3) is 0 Å². The molecule has 1 saturated heterocycles. The third-order valence-corrected chi connectivity index (χ3v) is 6.71. The van der Waals surface area contributed by atoms with Gasteiger partial charge in [-0.1, -0.05) is 47.1 Å². The minimum absolute atomic E-state index is 0.0898. The Kier molecular flexibility index (Phi) is 7.27. The summed E-state index contributed by atoms with van der Waals surface area (Å²) in [7, 11) is 0. The summed E-state index contributed by atoms with van der Waals surface area (Å²) in [5.74, 6) is -1.03. The summed E-state index contributed by atoms with van der Waals surface area (Å²) >= 11 is 13.3. The van der Waals surface area contributed by atoms with Crippen LogP contribution < -0.4 is 5.32 Å². The number of amidine groups is 1. The zero-order valence-corrected chi connectivity index (χ0v) is 19.4. The van der Waals surface area contributed by atoms with Crippen LogP contribution in [0.3, 0.4) is 0 Å². The van der Waals surface area contributed by atoms with Crippen LogP contribution in [0.4, 0.5) is 15.8 Å². The Hall–Kier alpha value is -2.94. The second-order valence-corrected chi connectivity index (χ2v) is 9.03. The Balaban J connectivity index is 1.54. The molecule has 1 aliphatic heterocycles. The van der Waals surface area contributed by atoms with E-state index in [1.165, 1.54) is 40.9 Å². The van der Waals surface area contributed by atoms with Gasteiger partial charge < -0.3 is 5.32 Å². The van der Waals surface area contributed by atoms with Gasteiger partial charge in [-0.25, -0.2) is 9.38 Å². The fourth-order valence-corrected chi connectivity index (χ4v) is 4.63. The highest BCUT2D eigenvalue weighted by atomic mass is 35.5. The average Bonchev–Trinajstić information content (AvgIpc) is 3.08. The van der Waals surface area contributed by atoms with Gasteiger partial charge in [-0.15, -0.1) is 0 Å². The number of nitrogens with one attached hydrogen (secondary N) is 1. The van der Waals surface area contributed by atoms with Gasteiger partial charge in [-0.05, 0) is 48.5 Å². The standard InChI is InChI=1S/C23H17Cl2FN4O2S/c24-17-5-3-6-18(21(17)25)29-20(31)12-19-22(32)30(13-16-4-1-2-11-27-16)23(33-19)28-15-9-7-14(26)8-10-15/h1-11,19H,12-13H2,(H,29,31). The van der Waals surface area contributed by atoms with E-state index in [0.29, 0.717) is 27.3 Å². The molecule has 1 atom stereocenters. The molecule has 0 bridgehead atoms. The molecule has 168 valence electrons. The molecule has 1 unspecified atom stereocenters. The van der Waals surface area contributed by atoms with Crippen LogP contribution in [0, 0.1) is 5.82 Å². The van der Waals surface area contributed by atoms with Gasteiger partial charge in [0.25, 0.3) is 0 Å². The van der Waals surface area contributed by atoms with E-state index < -0.39 is 5.25 Å². The number of amides is 2. The largest absolute Gasteiger partial charge is 0.325 e. The lowest BCUT2D eigenvalue weighted by Crippen LogP contribution is -2.33. The average molecular weight is 503 g/mol. The molecule has 1 N–H and O–H groups in total. The summed E-state index contributed by atoms with van der Waals surface area (Å²) in [6.07, 6.45) is 1.55. The lowest BCUT2D eigenvalue weighted by molar-refractivity contribution is -0.128. The van der Waals surface area contributed by atoms with E-state index in [2.05, 4.69) is 15.3 Å². The molecule has 0 spiro atoms.